The highest BCUT2D eigenvalue weighted by molar-refractivity contribution is 5.35. The number of halogens is 1. The van der Waals surface area contributed by atoms with Crippen LogP contribution < -0.4 is 5.32 Å². The van der Waals surface area contributed by atoms with Gasteiger partial charge < -0.3 is 5.32 Å². The van der Waals surface area contributed by atoms with Gasteiger partial charge in [-0.1, -0.05) is 25.8 Å². The molecule has 2 atom stereocenters. The molecule has 1 N–H and O–H groups in total. The van der Waals surface area contributed by atoms with E-state index < -0.39 is 16.4 Å². The Morgan fingerprint density at radius 2 is 2.15 bits per heavy atom. The van der Waals surface area contributed by atoms with E-state index in [1.807, 2.05) is 0 Å². The Bertz CT molecular complexity index is 477. The average Bonchev–Trinajstić information content (AvgIpc) is 2.41. The van der Waals surface area contributed by atoms with Gasteiger partial charge >= 0.3 is 5.69 Å². The molecule has 0 bridgehead atoms. The maximum atomic E-state index is 13.6. The van der Waals surface area contributed by atoms with Crippen LogP contribution in [-0.2, 0) is 6.42 Å². The molecule has 1 aliphatic carbocycles. The predicted molar refractivity (Wildman–Crippen MR) is 76.2 cm³/mol. The normalized spacial score (nSPS) is 22.7. The lowest BCUT2D eigenvalue weighted by Crippen LogP contribution is -2.39. The van der Waals surface area contributed by atoms with E-state index >= 15 is 0 Å². The van der Waals surface area contributed by atoms with Crippen LogP contribution in [0, 0.1) is 21.8 Å². The lowest BCUT2D eigenvalue weighted by molar-refractivity contribution is -0.387. The second-order valence-corrected chi connectivity index (χ2v) is 5.46. The van der Waals surface area contributed by atoms with Crippen LogP contribution >= 0.6 is 0 Å². The van der Waals surface area contributed by atoms with Crippen molar-refractivity contribution >= 4 is 5.69 Å². The molecular weight excluding hydrogens is 259 g/mol. The molecule has 4 nitrogen and oxygen atoms in total. The molecule has 0 heterocycles. The highest BCUT2D eigenvalue weighted by atomic mass is 19.1. The Morgan fingerprint density at radius 3 is 2.80 bits per heavy atom. The topological polar surface area (TPSA) is 55.2 Å². The fourth-order valence-corrected chi connectivity index (χ4v) is 3.11. The molecule has 20 heavy (non-hydrogen) atoms. The van der Waals surface area contributed by atoms with Crippen LogP contribution in [0.1, 0.15) is 38.2 Å². The smallest absolute Gasteiger partial charge is 0.304 e. The van der Waals surface area contributed by atoms with Gasteiger partial charge in [0.25, 0.3) is 0 Å². The lowest BCUT2D eigenvalue weighted by Gasteiger charge is -2.32. The van der Waals surface area contributed by atoms with Crippen molar-refractivity contribution in [3.63, 3.8) is 0 Å². The summed E-state index contributed by atoms with van der Waals surface area (Å²) in [5.74, 6) is -0.243. The van der Waals surface area contributed by atoms with Crippen molar-refractivity contribution < 1.29 is 9.31 Å². The van der Waals surface area contributed by atoms with Gasteiger partial charge in [-0.3, -0.25) is 10.1 Å². The number of nitrogens with one attached hydrogen (secondary N) is 1. The van der Waals surface area contributed by atoms with Crippen molar-refractivity contribution in [2.45, 2.75) is 45.1 Å². The molecular formula is C15H21FN2O2. The number of rotatable bonds is 5. The summed E-state index contributed by atoms with van der Waals surface area (Å²) in [6.45, 7) is 3.03. The largest absolute Gasteiger partial charge is 0.314 e. The lowest BCUT2D eigenvalue weighted by atomic mass is 9.80. The number of nitrogens with zero attached hydrogens (tertiary/aromatic N) is 1. The molecule has 5 heteroatoms. The maximum Gasteiger partial charge on any atom is 0.304 e. The van der Waals surface area contributed by atoms with Crippen molar-refractivity contribution in [2.75, 3.05) is 6.54 Å². The van der Waals surface area contributed by atoms with E-state index in [0.717, 1.165) is 31.4 Å². The molecule has 1 aliphatic rings. The molecule has 1 saturated carbocycles. The van der Waals surface area contributed by atoms with Gasteiger partial charge in [-0.2, -0.15) is 4.39 Å². The van der Waals surface area contributed by atoms with Gasteiger partial charge in [0.15, 0.2) is 0 Å². The third-order valence-corrected chi connectivity index (χ3v) is 4.08. The summed E-state index contributed by atoms with van der Waals surface area (Å²) in [5, 5.41) is 14.1. The second-order valence-electron chi connectivity index (χ2n) is 5.46. The SMILES string of the molecule is CCNC1CCCCC1Cc1ccc([N+](=O)[O-])c(F)c1. The van der Waals surface area contributed by atoms with Crippen LogP contribution in [0.2, 0.25) is 0 Å². The summed E-state index contributed by atoms with van der Waals surface area (Å²) in [4.78, 5) is 9.94. The summed E-state index contributed by atoms with van der Waals surface area (Å²) in [5.41, 5.74) is 0.406. The van der Waals surface area contributed by atoms with E-state index in [2.05, 4.69) is 12.2 Å². The molecule has 110 valence electrons. The Kier molecular flexibility index (Phi) is 5.06. The molecule has 0 saturated heterocycles. The van der Waals surface area contributed by atoms with Gasteiger partial charge in [-0.15, -0.1) is 0 Å². The molecule has 2 rings (SSSR count). The molecule has 0 aromatic heterocycles. The zero-order valence-electron chi connectivity index (χ0n) is 11.8. The minimum absolute atomic E-state index is 0.444. The fraction of sp³-hybridized carbons (Fsp3) is 0.600. The van der Waals surface area contributed by atoms with Crippen LogP contribution in [0.4, 0.5) is 10.1 Å². The average molecular weight is 280 g/mol. The van der Waals surface area contributed by atoms with Crippen molar-refractivity contribution in [1.29, 1.82) is 0 Å². The molecule has 0 aliphatic heterocycles. The summed E-state index contributed by atoms with van der Waals surface area (Å²) in [7, 11) is 0. The molecule has 1 aromatic carbocycles. The number of nitro groups is 1. The Balaban J connectivity index is 2.08. The number of hydrogen-bond donors (Lipinski definition) is 1. The quantitative estimate of drug-likeness (QED) is 0.664. The summed E-state index contributed by atoms with van der Waals surface area (Å²) < 4.78 is 13.6. The zero-order valence-corrected chi connectivity index (χ0v) is 11.8. The highest BCUT2D eigenvalue weighted by Crippen LogP contribution is 2.28. The van der Waals surface area contributed by atoms with Crippen molar-refractivity contribution in [1.82, 2.24) is 5.32 Å². The molecule has 0 radical (unpaired) electrons. The van der Waals surface area contributed by atoms with Gasteiger partial charge in [0.2, 0.25) is 5.82 Å². The molecule has 0 amide bonds. The highest BCUT2D eigenvalue weighted by Gasteiger charge is 2.25. The Hall–Kier alpha value is -1.49. The monoisotopic (exact) mass is 280 g/mol. The van der Waals surface area contributed by atoms with E-state index in [-0.39, 0.29) is 0 Å². The predicted octanol–water partition coefficient (Wildman–Crippen LogP) is 3.44. The third-order valence-electron chi connectivity index (χ3n) is 4.08. The summed E-state index contributed by atoms with van der Waals surface area (Å²) >= 11 is 0. The van der Waals surface area contributed by atoms with Crippen LogP contribution in [0.5, 0.6) is 0 Å². The maximum absolute atomic E-state index is 13.6. The summed E-state index contributed by atoms with van der Waals surface area (Å²) in [6, 6.07) is 4.75. The van der Waals surface area contributed by atoms with Crippen molar-refractivity contribution in [3.05, 3.63) is 39.7 Å². The Labute approximate surface area is 118 Å². The second kappa shape index (κ2) is 6.79. The first-order chi connectivity index (χ1) is 9.61. The van der Waals surface area contributed by atoms with Crippen LogP contribution in [0.3, 0.4) is 0 Å². The first-order valence-corrected chi connectivity index (χ1v) is 7.28. The van der Waals surface area contributed by atoms with Crippen LogP contribution in [0.25, 0.3) is 0 Å². The van der Waals surface area contributed by atoms with Gasteiger partial charge in [0, 0.05) is 12.1 Å². The fourth-order valence-electron chi connectivity index (χ4n) is 3.11. The van der Waals surface area contributed by atoms with E-state index in [9.17, 15) is 14.5 Å². The summed E-state index contributed by atoms with van der Waals surface area (Å²) in [6.07, 6.45) is 5.53. The molecule has 2 unspecified atom stereocenters. The third kappa shape index (κ3) is 3.54. The first kappa shape index (κ1) is 14.9. The van der Waals surface area contributed by atoms with Gasteiger partial charge in [0.1, 0.15) is 0 Å². The molecule has 0 spiro atoms. The Morgan fingerprint density at radius 1 is 1.40 bits per heavy atom. The minimum atomic E-state index is -0.733. The van der Waals surface area contributed by atoms with E-state index in [4.69, 9.17) is 0 Å². The number of nitro benzene ring substituents is 1. The zero-order chi connectivity index (χ0) is 14.5. The van der Waals surface area contributed by atoms with Gasteiger partial charge in [-0.25, -0.2) is 0 Å². The molecule has 1 aromatic rings. The standard InChI is InChI=1S/C15H21FN2O2/c1-2-17-14-6-4-3-5-12(14)9-11-7-8-15(18(19)20)13(16)10-11/h7-8,10,12,14,17H,2-6,9H2,1H3. The number of hydrogen-bond acceptors (Lipinski definition) is 3. The van der Waals surface area contributed by atoms with Crippen LogP contribution in [-0.4, -0.2) is 17.5 Å². The van der Waals surface area contributed by atoms with Crippen LogP contribution in [0.15, 0.2) is 18.2 Å². The first-order valence-electron chi connectivity index (χ1n) is 7.28. The van der Waals surface area contributed by atoms with E-state index in [0.29, 0.717) is 12.0 Å². The van der Waals surface area contributed by atoms with Crippen molar-refractivity contribution in [3.8, 4) is 0 Å². The number of benzene rings is 1. The van der Waals surface area contributed by atoms with E-state index in [1.54, 1.807) is 6.07 Å². The minimum Gasteiger partial charge on any atom is -0.314 e. The van der Waals surface area contributed by atoms with Gasteiger partial charge in [0.05, 0.1) is 4.92 Å². The van der Waals surface area contributed by atoms with Gasteiger partial charge in [-0.05, 0) is 43.4 Å². The van der Waals surface area contributed by atoms with Crippen molar-refractivity contribution in [2.24, 2.45) is 5.92 Å². The van der Waals surface area contributed by atoms with E-state index in [1.165, 1.54) is 25.0 Å². The molecule has 1 fully saturated rings.